The van der Waals surface area contributed by atoms with Gasteiger partial charge in [0.1, 0.15) is 0 Å². The Balaban J connectivity index is 2.20. The van der Waals surface area contributed by atoms with Crippen LogP contribution in [0.4, 0.5) is 19.1 Å². The fraction of sp³-hybridized carbons (Fsp3) is 0.0714. The summed E-state index contributed by atoms with van der Waals surface area (Å²) < 4.78 is 40.9. The summed E-state index contributed by atoms with van der Waals surface area (Å²) in [5.41, 5.74) is 6.64. The molecule has 0 saturated heterocycles. The summed E-state index contributed by atoms with van der Waals surface area (Å²) in [4.78, 5) is 4.02. The average molecular weight is 403 g/mol. The lowest BCUT2D eigenvalue weighted by atomic mass is 10.2. The van der Waals surface area contributed by atoms with Crippen LogP contribution in [0.1, 0.15) is 5.56 Å². The molecule has 0 unspecified atom stereocenters. The minimum atomic E-state index is -4.39. The zero-order chi connectivity index (χ0) is 15.2. The molecule has 0 spiro atoms. The summed E-state index contributed by atoms with van der Waals surface area (Å²) in [5.74, 6) is 0.158. The molecule has 21 heavy (non-hydrogen) atoms. The molecule has 0 radical (unpaired) electrons. The van der Waals surface area contributed by atoms with Gasteiger partial charge in [-0.05, 0) is 65.1 Å². The molecule has 0 fully saturated rings. The molecule has 7 heteroatoms. The Labute approximate surface area is 131 Å². The van der Waals surface area contributed by atoms with Gasteiger partial charge in [0.2, 0.25) is 5.95 Å². The predicted octanol–water partition coefficient (Wildman–Crippen LogP) is 4.23. The Morgan fingerprint density at radius 2 is 1.71 bits per heavy atom. The van der Waals surface area contributed by atoms with E-state index in [9.17, 15) is 13.2 Å². The number of benzene rings is 2. The number of anilines is 1. The third-order valence-electron chi connectivity index (χ3n) is 3.09. The lowest BCUT2D eigenvalue weighted by molar-refractivity contribution is -0.137. The summed E-state index contributed by atoms with van der Waals surface area (Å²) in [6, 6.07) is 10.9. The molecule has 0 amide bonds. The van der Waals surface area contributed by atoms with E-state index in [1.807, 2.05) is 24.3 Å². The highest BCUT2D eigenvalue weighted by atomic mass is 127. The van der Waals surface area contributed by atoms with Gasteiger partial charge in [-0.15, -0.1) is 0 Å². The molecule has 2 N–H and O–H groups in total. The minimum Gasteiger partial charge on any atom is -0.369 e. The Bertz CT molecular complexity index is 807. The smallest absolute Gasteiger partial charge is 0.369 e. The van der Waals surface area contributed by atoms with Crippen molar-refractivity contribution in [3.63, 3.8) is 0 Å². The number of halogens is 4. The van der Waals surface area contributed by atoms with Crippen LogP contribution in [0.15, 0.2) is 42.5 Å². The highest BCUT2D eigenvalue weighted by Gasteiger charge is 2.31. The standard InChI is InChI=1S/C14H9F3IN3/c15-14(16,17)8-1-6-12-11(7-8)20-13(19)21(12)10-4-2-9(18)3-5-10/h1-7H,(H2,19,20). The van der Waals surface area contributed by atoms with E-state index < -0.39 is 11.7 Å². The summed E-state index contributed by atoms with van der Waals surface area (Å²) >= 11 is 2.17. The van der Waals surface area contributed by atoms with Gasteiger partial charge in [-0.1, -0.05) is 0 Å². The van der Waals surface area contributed by atoms with Gasteiger partial charge >= 0.3 is 6.18 Å². The first-order valence-corrected chi connectivity index (χ1v) is 7.05. The van der Waals surface area contributed by atoms with E-state index in [2.05, 4.69) is 27.6 Å². The number of nitrogen functional groups attached to an aromatic ring is 1. The summed E-state index contributed by atoms with van der Waals surface area (Å²) in [5, 5.41) is 0. The van der Waals surface area contributed by atoms with Gasteiger partial charge in [0.25, 0.3) is 0 Å². The normalized spacial score (nSPS) is 12.0. The van der Waals surface area contributed by atoms with E-state index in [4.69, 9.17) is 5.73 Å². The average Bonchev–Trinajstić information content (AvgIpc) is 2.74. The number of alkyl halides is 3. The van der Waals surface area contributed by atoms with Crippen molar-refractivity contribution in [2.24, 2.45) is 0 Å². The fourth-order valence-electron chi connectivity index (χ4n) is 2.14. The van der Waals surface area contributed by atoms with Gasteiger partial charge in [0.05, 0.1) is 16.6 Å². The molecule has 3 rings (SSSR count). The van der Waals surface area contributed by atoms with Gasteiger partial charge < -0.3 is 5.73 Å². The van der Waals surface area contributed by atoms with E-state index in [1.165, 1.54) is 6.07 Å². The quantitative estimate of drug-likeness (QED) is 0.619. The molecule has 108 valence electrons. The first-order valence-electron chi connectivity index (χ1n) is 5.97. The molecule has 0 aliphatic carbocycles. The zero-order valence-electron chi connectivity index (χ0n) is 10.5. The molecule has 0 atom stereocenters. The third-order valence-corrected chi connectivity index (χ3v) is 3.81. The highest BCUT2D eigenvalue weighted by Crippen LogP contribution is 2.32. The van der Waals surface area contributed by atoms with Crippen molar-refractivity contribution < 1.29 is 13.2 Å². The maximum atomic E-state index is 12.7. The van der Waals surface area contributed by atoms with Crippen LogP contribution < -0.4 is 5.73 Å². The molecular formula is C14H9F3IN3. The zero-order valence-corrected chi connectivity index (χ0v) is 12.7. The van der Waals surface area contributed by atoms with Crippen LogP contribution in [0.3, 0.4) is 0 Å². The molecule has 2 aromatic carbocycles. The topological polar surface area (TPSA) is 43.8 Å². The van der Waals surface area contributed by atoms with Crippen LogP contribution in [-0.2, 0) is 6.18 Å². The van der Waals surface area contributed by atoms with Crippen molar-refractivity contribution in [2.75, 3.05) is 5.73 Å². The Morgan fingerprint density at radius 1 is 1.05 bits per heavy atom. The molecule has 0 aliphatic rings. The summed E-state index contributed by atoms with van der Waals surface area (Å²) in [7, 11) is 0. The van der Waals surface area contributed by atoms with Crippen LogP contribution in [-0.4, -0.2) is 9.55 Å². The number of nitrogens with zero attached hydrogens (tertiary/aromatic N) is 2. The molecule has 1 aromatic heterocycles. The van der Waals surface area contributed by atoms with Crippen LogP contribution in [0.25, 0.3) is 16.7 Å². The first kappa shape index (κ1) is 14.2. The second-order valence-electron chi connectivity index (χ2n) is 4.48. The van der Waals surface area contributed by atoms with Crippen molar-refractivity contribution >= 4 is 39.6 Å². The fourth-order valence-corrected chi connectivity index (χ4v) is 2.50. The Kier molecular flexibility index (Phi) is 3.31. The SMILES string of the molecule is Nc1nc2cc(C(F)(F)F)ccc2n1-c1ccc(I)cc1. The third kappa shape index (κ3) is 2.57. The molecule has 0 bridgehead atoms. The highest BCUT2D eigenvalue weighted by molar-refractivity contribution is 14.1. The molecule has 0 saturated carbocycles. The summed E-state index contributed by atoms with van der Waals surface area (Å²) in [6.45, 7) is 0. The Hall–Kier alpha value is -1.77. The van der Waals surface area contributed by atoms with Crippen LogP contribution in [0, 0.1) is 3.57 Å². The summed E-state index contributed by atoms with van der Waals surface area (Å²) in [6.07, 6.45) is -4.39. The maximum Gasteiger partial charge on any atom is 0.416 e. The number of rotatable bonds is 1. The predicted molar refractivity (Wildman–Crippen MR) is 83.2 cm³/mol. The van der Waals surface area contributed by atoms with Crippen LogP contribution in [0.2, 0.25) is 0 Å². The van der Waals surface area contributed by atoms with Crippen molar-refractivity contribution in [1.29, 1.82) is 0 Å². The van der Waals surface area contributed by atoms with Gasteiger partial charge in [0, 0.05) is 9.26 Å². The monoisotopic (exact) mass is 403 g/mol. The van der Waals surface area contributed by atoms with E-state index in [0.717, 1.165) is 21.4 Å². The van der Waals surface area contributed by atoms with Gasteiger partial charge in [-0.3, -0.25) is 4.57 Å². The van der Waals surface area contributed by atoms with E-state index >= 15 is 0 Å². The molecule has 3 aromatic rings. The van der Waals surface area contributed by atoms with E-state index in [1.54, 1.807) is 4.57 Å². The lowest BCUT2D eigenvalue weighted by Crippen LogP contribution is -2.04. The number of nitrogens with two attached hydrogens (primary N) is 1. The van der Waals surface area contributed by atoms with Crippen molar-refractivity contribution in [1.82, 2.24) is 9.55 Å². The molecule has 1 heterocycles. The van der Waals surface area contributed by atoms with E-state index in [0.29, 0.717) is 5.52 Å². The minimum absolute atomic E-state index is 0.158. The van der Waals surface area contributed by atoms with Crippen LogP contribution in [0.5, 0.6) is 0 Å². The second kappa shape index (κ2) is 4.90. The largest absolute Gasteiger partial charge is 0.416 e. The molecular weight excluding hydrogens is 394 g/mol. The van der Waals surface area contributed by atoms with Crippen molar-refractivity contribution in [3.8, 4) is 5.69 Å². The van der Waals surface area contributed by atoms with E-state index in [-0.39, 0.29) is 11.5 Å². The van der Waals surface area contributed by atoms with Gasteiger partial charge in [-0.2, -0.15) is 13.2 Å². The number of aromatic nitrogens is 2. The van der Waals surface area contributed by atoms with Crippen molar-refractivity contribution in [3.05, 3.63) is 51.6 Å². The lowest BCUT2D eigenvalue weighted by Gasteiger charge is -2.08. The molecule has 3 nitrogen and oxygen atoms in total. The van der Waals surface area contributed by atoms with Crippen molar-refractivity contribution in [2.45, 2.75) is 6.18 Å². The van der Waals surface area contributed by atoms with Gasteiger partial charge in [-0.25, -0.2) is 4.98 Å². The molecule has 0 aliphatic heterocycles. The maximum absolute atomic E-state index is 12.7. The number of fused-ring (bicyclic) bond motifs is 1. The number of hydrogen-bond acceptors (Lipinski definition) is 2. The number of imidazole rings is 1. The second-order valence-corrected chi connectivity index (χ2v) is 5.73. The first-order chi connectivity index (χ1) is 9.86. The Morgan fingerprint density at radius 3 is 2.33 bits per heavy atom. The number of hydrogen-bond donors (Lipinski definition) is 1. The van der Waals surface area contributed by atoms with Gasteiger partial charge in [0.15, 0.2) is 0 Å². The van der Waals surface area contributed by atoms with Crippen LogP contribution >= 0.6 is 22.6 Å².